The summed E-state index contributed by atoms with van der Waals surface area (Å²) in [4.78, 5) is 11.4. The van der Waals surface area contributed by atoms with Gasteiger partial charge in [-0.15, -0.1) is 0 Å². The first kappa shape index (κ1) is 18.1. The van der Waals surface area contributed by atoms with Gasteiger partial charge in [-0.3, -0.25) is 0 Å². The number of nitrogens with one attached hydrogen (secondary N) is 2. The summed E-state index contributed by atoms with van der Waals surface area (Å²) in [6.07, 6.45) is 6.57. The van der Waals surface area contributed by atoms with E-state index in [9.17, 15) is 0 Å². The van der Waals surface area contributed by atoms with Crippen LogP contribution in [-0.4, -0.2) is 21.5 Å². The van der Waals surface area contributed by atoms with E-state index in [1.165, 1.54) is 5.56 Å². The molecule has 0 fully saturated rings. The molecular formula is C14H12Br2MnN4O2. The molecule has 23 heavy (non-hydrogen) atoms. The second-order valence-corrected chi connectivity index (χ2v) is 6.50. The van der Waals surface area contributed by atoms with Crippen molar-refractivity contribution < 1.29 is 22.5 Å². The fraction of sp³-hybridized carbons (Fsp3) is 0.143. The van der Waals surface area contributed by atoms with Gasteiger partial charge in [0, 0.05) is 39.5 Å². The van der Waals surface area contributed by atoms with Gasteiger partial charge in [-0.1, -0.05) is 0 Å². The van der Waals surface area contributed by atoms with Gasteiger partial charge < -0.3 is 10.3 Å². The van der Waals surface area contributed by atoms with Crippen LogP contribution in [0, 0.1) is 0 Å². The predicted octanol–water partition coefficient (Wildman–Crippen LogP) is 3.90. The number of nitrogens with zero attached hydrogens (tertiary/aromatic N) is 2. The Kier molecular flexibility index (Phi) is 7.16. The monoisotopic (exact) mass is 481 g/mol. The number of halogens is 2. The maximum atomic E-state index is 8.41. The van der Waals surface area contributed by atoms with E-state index >= 15 is 0 Å². The molecule has 121 valence electrons. The van der Waals surface area contributed by atoms with Gasteiger partial charge in [0.05, 0.1) is 0 Å². The molecule has 1 aliphatic heterocycles. The number of fused-ring (bicyclic) bond motifs is 2. The van der Waals surface area contributed by atoms with Crippen LogP contribution in [0.25, 0.3) is 11.0 Å². The first-order chi connectivity index (χ1) is 11.1. The molecule has 0 saturated carbocycles. The molecule has 0 radical (unpaired) electrons. The Bertz CT molecular complexity index is 835. The second kappa shape index (κ2) is 9.12. The zero-order valence-electron chi connectivity index (χ0n) is 11.7. The SMILES string of the molecule is Brc1cnc2[nH]ccc2c1.Brc1cnc2c(c1)CCN2.[O]=[Mn]=[O]. The third-order valence-corrected chi connectivity index (χ3v) is 3.85. The minimum absolute atomic E-state index is 0.934. The molecule has 4 rings (SSSR count). The van der Waals surface area contributed by atoms with Gasteiger partial charge in [-0.2, -0.15) is 0 Å². The van der Waals surface area contributed by atoms with Gasteiger partial charge in [0.25, 0.3) is 0 Å². The first-order valence-corrected chi connectivity index (χ1v) is 9.05. The molecule has 0 unspecified atom stereocenters. The third kappa shape index (κ3) is 5.38. The van der Waals surface area contributed by atoms with E-state index in [0.29, 0.717) is 0 Å². The van der Waals surface area contributed by atoms with Crippen molar-refractivity contribution in [2.45, 2.75) is 6.42 Å². The van der Waals surface area contributed by atoms with Crippen LogP contribution in [0.4, 0.5) is 5.82 Å². The Morgan fingerprint density at radius 3 is 2.57 bits per heavy atom. The van der Waals surface area contributed by atoms with Crippen LogP contribution in [0.3, 0.4) is 0 Å². The average Bonchev–Trinajstić information content (AvgIpc) is 3.16. The van der Waals surface area contributed by atoms with Crippen molar-refractivity contribution in [3.05, 3.63) is 51.3 Å². The molecule has 0 aromatic carbocycles. The van der Waals surface area contributed by atoms with Crippen molar-refractivity contribution in [3.8, 4) is 0 Å². The summed E-state index contributed by atoms with van der Waals surface area (Å²) in [6.45, 7) is 1.03. The molecule has 0 aliphatic carbocycles. The summed E-state index contributed by atoms with van der Waals surface area (Å²) in [6, 6.07) is 6.13. The molecule has 3 aromatic heterocycles. The fourth-order valence-corrected chi connectivity index (χ4v) is 2.79. The summed E-state index contributed by atoms with van der Waals surface area (Å²) in [5, 5.41) is 4.33. The normalized spacial score (nSPS) is 11.4. The molecule has 0 saturated heterocycles. The van der Waals surface area contributed by atoms with Gasteiger partial charge in [-0.05, 0) is 62.0 Å². The summed E-state index contributed by atoms with van der Waals surface area (Å²) in [5.74, 6) is 1.04. The van der Waals surface area contributed by atoms with Crippen LogP contribution >= 0.6 is 31.9 Å². The van der Waals surface area contributed by atoms with E-state index < -0.39 is 14.8 Å². The van der Waals surface area contributed by atoms with Crippen molar-refractivity contribution in [3.63, 3.8) is 0 Å². The number of hydrogen-bond acceptors (Lipinski definition) is 5. The molecule has 9 heteroatoms. The molecular weight excluding hydrogens is 471 g/mol. The van der Waals surface area contributed by atoms with Gasteiger partial charge in [0.2, 0.25) is 0 Å². The second-order valence-electron chi connectivity index (χ2n) is 4.47. The molecule has 4 heterocycles. The molecule has 1 aliphatic rings. The van der Waals surface area contributed by atoms with E-state index in [1.807, 2.05) is 24.5 Å². The molecule has 0 spiro atoms. The Balaban J connectivity index is 0.000000143. The summed E-state index contributed by atoms with van der Waals surface area (Å²) >= 11 is 5.28. The van der Waals surface area contributed by atoms with E-state index in [1.54, 1.807) is 6.20 Å². The van der Waals surface area contributed by atoms with Gasteiger partial charge in [0.1, 0.15) is 11.5 Å². The van der Waals surface area contributed by atoms with Gasteiger partial charge >= 0.3 is 22.5 Å². The Morgan fingerprint density at radius 2 is 1.78 bits per heavy atom. The van der Waals surface area contributed by atoms with Crippen LogP contribution in [0.15, 0.2) is 45.7 Å². The number of aromatic amines is 1. The van der Waals surface area contributed by atoms with Crippen molar-refractivity contribution in [1.82, 2.24) is 15.0 Å². The number of hydrogen-bond donors (Lipinski definition) is 2. The van der Waals surface area contributed by atoms with Crippen molar-refractivity contribution in [1.29, 1.82) is 0 Å². The van der Waals surface area contributed by atoms with Gasteiger partial charge in [-0.25, -0.2) is 9.97 Å². The zero-order chi connectivity index (χ0) is 16.7. The molecule has 6 nitrogen and oxygen atoms in total. The number of rotatable bonds is 0. The number of H-pyrrole nitrogens is 1. The number of anilines is 1. The average molecular weight is 483 g/mol. The molecule has 3 aromatic rings. The van der Waals surface area contributed by atoms with Crippen molar-refractivity contribution in [2.24, 2.45) is 0 Å². The molecule has 0 atom stereocenters. The van der Waals surface area contributed by atoms with Crippen LogP contribution in [0.1, 0.15) is 5.56 Å². The standard InChI is InChI=1S/C7H7BrN2.C7H5BrN2.Mn.2O/c2*8-6-3-5-1-2-9-7(5)10-4-6;;;/h3-4H,1-2H2,(H,9,10);1-4H,(H,9,10);;;. The van der Waals surface area contributed by atoms with E-state index in [0.717, 1.165) is 38.8 Å². The fourth-order valence-electron chi connectivity index (χ4n) is 2.06. The van der Waals surface area contributed by atoms with E-state index in [2.05, 4.69) is 58.2 Å². The quantitative estimate of drug-likeness (QED) is 0.474. The number of pyridine rings is 2. The van der Waals surface area contributed by atoms with Crippen molar-refractivity contribution in [2.75, 3.05) is 11.9 Å². The topological polar surface area (TPSA) is 87.7 Å². The minimum atomic E-state index is -1.44. The summed E-state index contributed by atoms with van der Waals surface area (Å²) in [7, 11) is 0. The Morgan fingerprint density at radius 1 is 1.09 bits per heavy atom. The summed E-state index contributed by atoms with van der Waals surface area (Å²) < 4.78 is 18.9. The van der Waals surface area contributed by atoms with Gasteiger partial charge in [0.15, 0.2) is 0 Å². The molecule has 0 bridgehead atoms. The first-order valence-electron chi connectivity index (χ1n) is 6.50. The van der Waals surface area contributed by atoms with Crippen LogP contribution in [0.5, 0.6) is 0 Å². The zero-order valence-corrected chi connectivity index (χ0v) is 16.1. The summed E-state index contributed by atoms with van der Waals surface area (Å²) in [5.41, 5.74) is 2.25. The van der Waals surface area contributed by atoms with Crippen LogP contribution < -0.4 is 5.32 Å². The molecule has 0 amide bonds. The van der Waals surface area contributed by atoms with Crippen LogP contribution in [-0.2, 0) is 28.9 Å². The predicted molar refractivity (Wildman–Crippen MR) is 89.3 cm³/mol. The number of aromatic nitrogens is 3. The van der Waals surface area contributed by atoms with Crippen molar-refractivity contribution >= 4 is 48.7 Å². The Hall–Kier alpha value is -1.28. The van der Waals surface area contributed by atoms with Crippen LogP contribution in [0.2, 0.25) is 0 Å². The third-order valence-electron chi connectivity index (χ3n) is 2.99. The molecule has 2 N–H and O–H groups in total. The maximum absolute atomic E-state index is 8.41. The van der Waals surface area contributed by atoms with E-state index in [4.69, 9.17) is 7.67 Å². The van der Waals surface area contributed by atoms with E-state index in [-0.39, 0.29) is 0 Å². The Labute approximate surface area is 155 Å².